The molecule has 0 aromatic heterocycles. The fourth-order valence-electron chi connectivity index (χ4n) is 0.153. The van der Waals surface area contributed by atoms with Crippen molar-refractivity contribution in [2.45, 2.75) is 19.1 Å². The average molecular weight is 106 g/mol. The van der Waals surface area contributed by atoms with Crippen molar-refractivity contribution in [2.75, 3.05) is 6.61 Å². The van der Waals surface area contributed by atoms with Gasteiger partial charge in [-0.2, -0.15) is 0 Å². The molecule has 3 heteroatoms. The van der Waals surface area contributed by atoms with Gasteiger partial charge in [0, 0.05) is 0 Å². The van der Waals surface area contributed by atoms with Gasteiger partial charge in [-0.25, -0.2) is 0 Å². The Bertz CT molecular complexity index is 47.0. The summed E-state index contributed by atoms with van der Waals surface area (Å²) >= 11 is 0. The molecule has 0 radical (unpaired) electrons. The number of hydrogen-bond donors (Lipinski definition) is 3. The van der Waals surface area contributed by atoms with E-state index < -0.39 is 6.10 Å². The molecule has 2 atom stereocenters. The van der Waals surface area contributed by atoms with Gasteiger partial charge in [0.1, 0.15) is 12.1 Å². The summed E-state index contributed by atoms with van der Waals surface area (Å²) in [6, 6.07) is -0.236. The quantitative estimate of drug-likeness (QED) is 0.380. The van der Waals surface area contributed by atoms with Gasteiger partial charge >= 0.3 is 0 Å². The molecule has 0 bridgehead atoms. The SMILES string of the molecule is CC(O)C([NH3+])CO. The molecule has 0 aliphatic rings. The van der Waals surface area contributed by atoms with Crippen LogP contribution in [-0.2, 0) is 0 Å². The number of aliphatic hydroxyl groups excluding tert-OH is 2. The summed E-state index contributed by atoms with van der Waals surface area (Å²) in [5.41, 5.74) is 3.46. The summed E-state index contributed by atoms with van der Waals surface area (Å²) in [6.07, 6.45) is -0.495. The summed E-state index contributed by atoms with van der Waals surface area (Å²) in [4.78, 5) is 0. The van der Waals surface area contributed by atoms with Crippen molar-refractivity contribution in [1.82, 2.24) is 0 Å². The third-order valence-electron chi connectivity index (χ3n) is 0.917. The maximum atomic E-state index is 8.60. The highest BCUT2D eigenvalue weighted by Crippen LogP contribution is 1.80. The van der Waals surface area contributed by atoms with Crippen LogP contribution in [0, 0.1) is 0 Å². The van der Waals surface area contributed by atoms with Gasteiger partial charge < -0.3 is 15.9 Å². The average Bonchev–Trinajstić information content (AvgIpc) is 1.65. The minimum Gasteiger partial charge on any atom is -0.390 e. The highest BCUT2D eigenvalue weighted by atomic mass is 16.3. The Morgan fingerprint density at radius 3 is 2.14 bits per heavy atom. The number of quaternary nitrogens is 1. The second kappa shape index (κ2) is 2.96. The van der Waals surface area contributed by atoms with E-state index in [0.29, 0.717) is 0 Å². The van der Waals surface area contributed by atoms with Gasteiger partial charge in [-0.3, -0.25) is 0 Å². The van der Waals surface area contributed by atoms with E-state index in [0.717, 1.165) is 0 Å². The van der Waals surface area contributed by atoms with Crippen LogP contribution in [0.3, 0.4) is 0 Å². The lowest BCUT2D eigenvalue weighted by atomic mass is 10.2. The molecule has 0 aliphatic carbocycles. The maximum absolute atomic E-state index is 8.60. The lowest BCUT2D eigenvalue weighted by Gasteiger charge is -2.05. The van der Waals surface area contributed by atoms with Crippen molar-refractivity contribution >= 4 is 0 Å². The molecule has 0 rings (SSSR count). The Hall–Kier alpha value is -0.120. The van der Waals surface area contributed by atoms with Crippen molar-refractivity contribution in [3.8, 4) is 0 Å². The predicted octanol–water partition coefficient (Wildman–Crippen LogP) is -2.03. The first-order chi connectivity index (χ1) is 3.18. The smallest absolute Gasteiger partial charge is 0.134 e. The fraction of sp³-hybridized carbons (Fsp3) is 1.00. The standard InChI is InChI=1S/C4H11NO2/c1-3(7)4(5)2-6/h3-4,6-7H,2,5H2,1H3/p+1. The van der Waals surface area contributed by atoms with Crippen molar-refractivity contribution in [1.29, 1.82) is 0 Å². The van der Waals surface area contributed by atoms with Crippen molar-refractivity contribution in [2.24, 2.45) is 0 Å². The summed E-state index contributed by atoms with van der Waals surface area (Å²) in [5, 5.41) is 16.9. The van der Waals surface area contributed by atoms with E-state index in [9.17, 15) is 0 Å². The zero-order valence-electron chi connectivity index (χ0n) is 4.46. The van der Waals surface area contributed by atoms with E-state index in [2.05, 4.69) is 5.73 Å². The third kappa shape index (κ3) is 2.56. The first kappa shape index (κ1) is 6.88. The van der Waals surface area contributed by atoms with Crippen LogP contribution < -0.4 is 5.73 Å². The van der Waals surface area contributed by atoms with Crippen LogP contribution in [0.1, 0.15) is 6.92 Å². The highest BCUT2D eigenvalue weighted by Gasteiger charge is 2.09. The molecule has 44 valence electrons. The van der Waals surface area contributed by atoms with Crippen LogP contribution in [0.2, 0.25) is 0 Å². The van der Waals surface area contributed by atoms with Gasteiger partial charge in [0.25, 0.3) is 0 Å². The monoisotopic (exact) mass is 106 g/mol. The molecule has 0 aromatic carbocycles. The van der Waals surface area contributed by atoms with Crippen molar-refractivity contribution < 1.29 is 15.9 Å². The van der Waals surface area contributed by atoms with Gasteiger partial charge in [-0.1, -0.05) is 0 Å². The normalized spacial score (nSPS) is 18.9. The Labute approximate surface area is 42.8 Å². The summed E-state index contributed by atoms with van der Waals surface area (Å²) in [6.45, 7) is 1.56. The second-order valence-corrected chi connectivity index (χ2v) is 1.68. The molecule has 0 heterocycles. The Morgan fingerprint density at radius 2 is 2.14 bits per heavy atom. The molecule has 0 aliphatic heterocycles. The summed E-state index contributed by atoms with van der Waals surface area (Å²) in [7, 11) is 0. The first-order valence-corrected chi connectivity index (χ1v) is 2.30. The van der Waals surface area contributed by atoms with Crippen LogP contribution in [-0.4, -0.2) is 29.0 Å². The largest absolute Gasteiger partial charge is 0.390 e. The van der Waals surface area contributed by atoms with E-state index in [-0.39, 0.29) is 12.6 Å². The van der Waals surface area contributed by atoms with Gasteiger partial charge in [0.15, 0.2) is 0 Å². The van der Waals surface area contributed by atoms with Crippen LogP contribution >= 0.6 is 0 Å². The molecular formula is C4H12NO2+. The Morgan fingerprint density at radius 1 is 1.71 bits per heavy atom. The molecular weight excluding hydrogens is 94.0 g/mol. The minimum atomic E-state index is -0.495. The lowest BCUT2D eigenvalue weighted by Crippen LogP contribution is -2.67. The molecule has 2 unspecified atom stereocenters. The van der Waals surface area contributed by atoms with Crippen LogP contribution in [0.15, 0.2) is 0 Å². The number of rotatable bonds is 2. The van der Waals surface area contributed by atoms with Crippen molar-refractivity contribution in [3.05, 3.63) is 0 Å². The van der Waals surface area contributed by atoms with E-state index in [1.165, 1.54) is 0 Å². The van der Waals surface area contributed by atoms with Gasteiger partial charge in [0.2, 0.25) is 0 Å². The van der Waals surface area contributed by atoms with E-state index in [1.54, 1.807) is 6.92 Å². The maximum Gasteiger partial charge on any atom is 0.134 e. The minimum absolute atomic E-state index is 0.0440. The zero-order chi connectivity index (χ0) is 5.86. The van der Waals surface area contributed by atoms with E-state index >= 15 is 0 Å². The topological polar surface area (TPSA) is 68.1 Å². The van der Waals surface area contributed by atoms with Crippen molar-refractivity contribution in [3.63, 3.8) is 0 Å². The van der Waals surface area contributed by atoms with Gasteiger partial charge in [-0.15, -0.1) is 0 Å². The first-order valence-electron chi connectivity index (χ1n) is 2.30. The fourth-order valence-corrected chi connectivity index (χ4v) is 0.153. The van der Waals surface area contributed by atoms with Gasteiger partial charge in [-0.05, 0) is 6.92 Å². The molecule has 0 saturated carbocycles. The summed E-state index contributed by atoms with van der Waals surface area (Å²) in [5.74, 6) is 0. The molecule has 0 amide bonds. The zero-order valence-corrected chi connectivity index (χ0v) is 4.46. The second-order valence-electron chi connectivity index (χ2n) is 1.68. The van der Waals surface area contributed by atoms with E-state index in [1.807, 2.05) is 0 Å². The highest BCUT2D eigenvalue weighted by molar-refractivity contribution is 4.55. The molecule has 5 N–H and O–H groups in total. The van der Waals surface area contributed by atoms with Gasteiger partial charge in [0.05, 0.1) is 6.61 Å². The lowest BCUT2D eigenvalue weighted by molar-refractivity contribution is -0.441. The number of hydrogen-bond acceptors (Lipinski definition) is 2. The molecule has 0 spiro atoms. The van der Waals surface area contributed by atoms with E-state index in [4.69, 9.17) is 10.2 Å². The van der Waals surface area contributed by atoms with Crippen LogP contribution in [0.5, 0.6) is 0 Å². The Kier molecular flexibility index (Phi) is 2.91. The number of aliphatic hydroxyl groups is 2. The molecule has 7 heavy (non-hydrogen) atoms. The van der Waals surface area contributed by atoms with Crippen LogP contribution in [0.25, 0.3) is 0 Å². The van der Waals surface area contributed by atoms with Crippen LogP contribution in [0.4, 0.5) is 0 Å². The Balaban J connectivity index is 3.14. The predicted molar refractivity (Wildman–Crippen MR) is 25.4 cm³/mol. The molecule has 0 saturated heterocycles. The third-order valence-corrected chi connectivity index (χ3v) is 0.917. The molecule has 0 fully saturated rings. The summed E-state index contributed by atoms with van der Waals surface area (Å²) < 4.78 is 0. The molecule has 0 aromatic rings. The molecule has 3 nitrogen and oxygen atoms in total.